The normalized spacial score (nSPS) is 37.8. The van der Waals surface area contributed by atoms with Gasteiger partial charge in [-0.25, -0.2) is 4.79 Å². The quantitative estimate of drug-likeness (QED) is 0.0720. The van der Waals surface area contributed by atoms with Crippen LogP contribution in [-0.2, 0) is 41.6 Å². The lowest BCUT2D eigenvalue weighted by atomic mass is 9.44. The van der Waals surface area contributed by atoms with Gasteiger partial charge in [-0.05, 0) is 121 Å². The van der Waals surface area contributed by atoms with Gasteiger partial charge in [0.1, 0.15) is 18.0 Å². The van der Waals surface area contributed by atoms with Crippen LogP contribution in [0.1, 0.15) is 129 Å². The van der Waals surface area contributed by atoms with Crippen LogP contribution in [0.15, 0.2) is 60.7 Å². The number of carbonyl (C=O) groups excluding carboxylic acids is 2. The molecular weight excluding hydrogens is 774 g/mol. The number of carbonyl (C=O) groups is 2. The second-order valence-electron chi connectivity index (χ2n) is 20.7. The average molecular weight is 847 g/mol. The summed E-state index contributed by atoms with van der Waals surface area (Å²) in [5.41, 5.74) is 2.78. The van der Waals surface area contributed by atoms with Crippen LogP contribution in [0.5, 0.6) is 0 Å². The lowest BCUT2D eigenvalue weighted by Gasteiger charge is -2.61. The molecule has 0 bridgehead atoms. The molecule has 2 aromatic rings. The second-order valence-corrected chi connectivity index (χ2v) is 20.9. The molecule has 0 N–H and O–H groups in total. The number of esters is 1. The van der Waals surface area contributed by atoms with E-state index in [4.69, 9.17) is 35.3 Å². The third-order valence-electron chi connectivity index (χ3n) is 16.8. The minimum atomic E-state index is -0.911. The molecule has 0 spiro atoms. The topological polar surface area (TPSA) is 83.5 Å². The Kier molecular flexibility index (Phi) is 13.9. The minimum absolute atomic E-state index is 0.0198. The molecular formula is C51H72ClNO7. The lowest BCUT2D eigenvalue weighted by molar-refractivity contribution is -0.292. The van der Waals surface area contributed by atoms with Gasteiger partial charge < -0.3 is 23.7 Å². The Morgan fingerprint density at radius 1 is 0.867 bits per heavy atom. The van der Waals surface area contributed by atoms with Crippen LogP contribution in [0.25, 0.3) is 0 Å². The summed E-state index contributed by atoms with van der Waals surface area (Å²) in [6.07, 6.45) is 13.1. The van der Waals surface area contributed by atoms with E-state index in [0.717, 1.165) is 65.9 Å². The van der Waals surface area contributed by atoms with E-state index >= 15 is 0 Å². The summed E-state index contributed by atoms with van der Waals surface area (Å²) in [6.45, 7) is 13.4. The molecule has 2 aliphatic heterocycles. The van der Waals surface area contributed by atoms with Crippen molar-refractivity contribution in [3.63, 3.8) is 0 Å². The molecule has 2 saturated heterocycles. The molecule has 0 unspecified atom stereocenters. The zero-order valence-electron chi connectivity index (χ0n) is 37.0. The fraction of sp³-hybridized carbons (Fsp3) is 0.725. The number of hydrogen-bond acceptors (Lipinski definition) is 7. The van der Waals surface area contributed by atoms with E-state index in [2.05, 4.69) is 34.6 Å². The van der Waals surface area contributed by atoms with E-state index in [1.165, 1.54) is 64.2 Å². The van der Waals surface area contributed by atoms with E-state index in [9.17, 15) is 9.59 Å². The van der Waals surface area contributed by atoms with Crippen molar-refractivity contribution in [1.29, 1.82) is 0 Å². The fourth-order valence-corrected chi connectivity index (χ4v) is 13.8. The third kappa shape index (κ3) is 9.06. The summed E-state index contributed by atoms with van der Waals surface area (Å²) in [5, 5.41) is 0. The van der Waals surface area contributed by atoms with E-state index in [0.29, 0.717) is 29.9 Å². The van der Waals surface area contributed by atoms with Crippen molar-refractivity contribution in [3.8, 4) is 0 Å². The number of alkyl halides is 1. The van der Waals surface area contributed by atoms with Gasteiger partial charge in [-0.1, -0.05) is 121 Å². The maximum Gasteiger partial charge on any atom is 0.411 e. The number of nitrogens with zero attached hydrogens (tertiary/aromatic N) is 1. The Hall–Kier alpha value is -2.65. The molecule has 14 atom stereocenters. The molecule has 330 valence electrons. The fourth-order valence-electron chi connectivity index (χ4n) is 13.8. The average Bonchev–Trinajstić information content (AvgIpc) is 3.77. The molecule has 8 rings (SSSR count). The molecule has 6 aliphatic rings. The lowest BCUT2D eigenvalue weighted by Crippen LogP contribution is -2.63. The minimum Gasteiger partial charge on any atom is -0.455 e. The van der Waals surface area contributed by atoms with Crippen molar-refractivity contribution >= 4 is 23.7 Å². The van der Waals surface area contributed by atoms with Crippen LogP contribution >= 0.6 is 11.6 Å². The summed E-state index contributed by atoms with van der Waals surface area (Å²) < 4.78 is 32.3. The SMILES string of the molecule is CC(C)CCCC[C@@H](C)[C@H]1CC[C@H]2[C@@H]3CC[C@H]4C[C@@H](O[C@@H]5O[C@H](COCc6ccccc6)[C@@H](OC(=O)CCl)[C@@H]6OC(=O)N(Cc7ccccc7)[C@@H]56)CC[C@]4(C)[C@H]3CC[C@]12C. The van der Waals surface area contributed by atoms with Gasteiger partial charge in [0.15, 0.2) is 18.5 Å². The van der Waals surface area contributed by atoms with Crippen LogP contribution in [0.4, 0.5) is 4.79 Å². The summed E-state index contributed by atoms with van der Waals surface area (Å²) in [7, 11) is 0. The van der Waals surface area contributed by atoms with Gasteiger partial charge in [0.2, 0.25) is 0 Å². The Morgan fingerprint density at radius 2 is 1.57 bits per heavy atom. The Bertz CT molecular complexity index is 1730. The van der Waals surface area contributed by atoms with Crippen LogP contribution in [0.2, 0.25) is 0 Å². The van der Waals surface area contributed by atoms with Gasteiger partial charge in [-0.2, -0.15) is 0 Å². The summed E-state index contributed by atoms with van der Waals surface area (Å²) in [6, 6.07) is 19.2. The number of unbranched alkanes of at least 4 members (excludes halogenated alkanes) is 1. The number of benzene rings is 2. The predicted molar refractivity (Wildman–Crippen MR) is 234 cm³/mol. The number of hydrogen-bond donors (Lipinski definition) is 0. The van der Waals surface area contributed by atoms with E-state index in [1.807, 2.05) is 60.7 Å². The predicted octanol–water partition coefficient (Wildman–Crippen LogP) is 11.4. The smallest absolute Gasteiger partial charge is 0.411 e. The molecule has 0 radical (unpaired) electrons. The molecule has 60 heavy (non-hydrogen) atoms. The number of halogens is 1. The summed E-state index contributed by atoms with van der Waals surface area (Å²) in [5.74, 6) is 4.63. The van der Waals surface area contributed by atoms with E-state index in [-0.39, 0.29) is 18.6 Å². The zero-order chi connectivity index (χ0) is 42.0. The first-order valence-corrected chi connectivity index (χ1v) is 24.2. The summed E-state index contributed by atoms with van der Waals surface area (Å²) in [4.78, 5) is 28.3. The maximum atomic E-state index is 13.8. The van der Waals surface area contributed by atoms with Crippen molar-refractivity contribution < 1.29 is 33.3 Å². The van der Waals surface area contributed by atoms with Gasteiger partial charge in [-0.3, -0.25) is 9.69 Å². The van der Waals surface area contributed by atoms with Crippen molar-refractivity contribution in [1.82, 2.24) is 4.90 Å². The second kappa shape index (κ2) is 19.0. The number of ether oxygens (including phenoxy) is 5. The van der Waals surface area contributed by atoms with Crippen molar-refractivity contribution in [3.05, 3.63) is 71.8 Å². The molecule has 2 aromatic carbocycles. The van der Waals surface area contributed by atoms with Crippen molar-refractivity contribution in [2.24, 2.45) is 52.3 Å². The molecule has 4 aliphatic carbocycles. The molecule has 9 heteroatoms. The van der Waals surface area contributed by atoms with E-state index < -0.39 is 42.7 Å². The first-order chi connectivity index (χ1) is 29.0. The zero-order valence-corrected chi connectivity index (χ0v) is 37.7. The molecule has 4 saturated carbocycles. The Balaban J connectivity index is 0.969. The molecule has 6 fully saturated rings. The number of fused-ring (bicyclic) bond motifs is 6. The summed E-state index contributed by atoms with van der Waals surface area (Å²) >= 11 is 5.97. The first kappa shape index (κ1) is 44.0. The van der Waals surface area contributed by atoms with Crippen LogP contribution in [-0.4, -0.2) is 66.2 Å². The highest BCUT2D eigenvalue weighted by Crippen LogP contribution is 2.68. The Labute approximate surface area is 365 Å². The highest BCUT2D eigenvalue weighted by molar-refractivity contribution is 6.26. The van der Waals surface area contributed by atoms with Gasteiger partial charge in [0.25, 0.3) is 0 Å². The monoisotopic (exact) mass is 845 g/mol. The third-order valence-corrected chi connectivity index (χ3v) is 17.0. The van der Waals surface area contributed by atoms with Gasteiger partial charge in [0, 0.05) is 6.54 Å². The van der Waals surface area contributed by atoms with Crippen molar-refractivity contribution in [2.75, 3.05) is 12.5 Å². The standard InChI is InChI=1S/C51H72ClNO7/c1-33(2)14-12-13-15-34(3)40-22-23-41-39-21-20-37-28-38(24-26-50(37,4)42(39)25-27-51(40,41)5)57-48-45-47(60-49(55)53(45)30-35-16-8-6-9-17-35)46(59-44(54)29-52)43(58-48)32-56-31-36-18-10-7-11-19-36/h6-11,16-19,33-34,37-43,45-48H,12-15,20-32H2,1-5H3/t34-,37+,38+,39+,40-,41+,42+,43-,45-,46-,47-,48-,50+,51-/m1/s1. The molecule has 1 amide bonds. The van der Waals surface area contributed by atoms with Crippen LogP contribution < -0.4 is 0 Å². The largest absolute Gasteiger partial charge is 0.455 e. The molecule has 8 nitrogen and oxygen atoms in total. The van der Waals surface area contributed by atoms with Crippen LogP contribution in [0.3, 0.4) is 0 Å². The first-order valence-electron chi connectivity index (χ1n) is 23.7. The molecule has 0 aromatic heterocycles. The number of rotatable bonds is 16. The van der Waals surface area contributed by atoms with Crippen molar-refractivity contribution in [2.45, 2.75) is 168 Å². The van der Waals surface area contributed by atoms with Gasteiger partial charge in [0.05, 0.1) is 19.3 Å². The number of amides is 1. The highest BCUT2D eigenvalue weighted by atomic mass is 35.5. The van der Waals surface area contributed by atoms with Crippen LogP contribution in [0, 0.1) is 52.3 Å². The van der Waals surface area contributed by atoms with Gasteiger partial charge >= 0.3 is 12.1 Å². The maximum absolute atomic E-state index is 13.8. The highest BCUT2D eigenvalue weighted by Gasteiger charge is 2.62. The molecule has 2 heterocycles. The Morgan fingerprint density at radius 3 is 2.30 bits per heavy atom. The van der Waals surface area contributed by atoms with Gasteiger partial charge in [-0.15, -0.1) is 11.6 Å². The van der Waals surface area contributed by atoms with E-state index in [1.54, 1.807) is 4.90 Å².